The summed E-state index contributed by atoms with van der Waals surface area (Å²) in [6.07, 6.45) is 6.52. The maximum atomic E-state index is 5.78. The van der Waals surface area contributed by atoms with Crippen LogP contribution in [0.3, 0.4) is 0 Å². The lowest BCUT2D eigenvalue weighted by Gasteiger charge is -2.24. The maximum absolute atomic E-state index is 5.78. The fourth-order valence-corrected chi connectivity index (χ4v) is 2.68. The average molecular weight is 417 g/mol. The molecule has 1 fully saturated rings. The number of rotatable bonds is 5. The number of hydrogen-bond acceptors (Lipinski definition) is 2. The van der Waals surface area contributed by atoms with Crippen molar-refractivity contribution < 1.29 is 4.74 Å². The van der Waals surface area contributed by atoms with E-state index >= 15 is 0 Å². The van der Waals surface area contributed by atoms with Crippen molar-refractivity contribution in [1.82, 2.24) is 10.6 Å². The van der Waals surface area contributed by atoms with Gasteiger partial charge in [-0.25, -0.2) is 0 Å². The van der Waals surface area contributed by atoms with Crippen LogP contribution in [0, 0.1) is 6.92 Å². The minimum Gasteiger partial charge on any atom is -0.491 e. The zero-order valence-corrected chi connectivity index (χ0v) is 15.9. The number of hydrogen-bond donors (Lipinski definition) is 2. The molecule has 0 aromatic heterocycles. The van der Waals surface area contributed by atoms with Gasteiger partial charge in [-0.15, -0.1) is 24.0 Å². The Hall–Kier alpha value is -0.980. The first-order valence-corrected chi connectivity index (χ1v) is 7.95. The summed E-state index contributed by atoms with van der Waals surface area (Å²) in [5.74, 6) is 1.84. The van der Waals surface area contributed by atoms with E-state index in [0.717, 1.165) is 18.3 Å². The highest BCUT2D eigenvalue weighted by Gasteiger charge is 2.14. The molecular weight excluding hydrogens is 389 g/mol. The van der Waals surface area contributed by atoms with Crippen LogP contribution < -0.4 is 15.4 Å². The zero-order chi connectivity index (χ0) is 14.9. The Labute approximate surface area is 151 Å². The quantitative estimate of drug-likeness (QED) is 0.334. The van der Waals surface area contributed by atoms with Crippen molar-refractivity contribution in [2.75, 3.05) is 20.2 Å². The SMILES string of the molecule is CN=C(NCCOc1ccccc1C)NC1CCCCC1.I. The molecule has 0 unspecified atom stereocenters. The van der Waals surface area contributed by atoms with Gasteiger partial charge in [0.05, 0.1) is 6.54 Å². The summed E-state index contributed by atoms with van der Waals surface area (Å²) in [6, 6.07) is 8.66. The third-order valence-electron chi connectivity index (χ3n) is 3.92. The topological polar surface area (TPSA) is 45.7 Å². The zero-order valence-electron chi connectivity index (χ0n) is 13.6. The predicted octanol–water partition coefficient (Wildman–Crippen LogP) is 3.49. The Morgan fingerprint density at radius 1 is 1.23 bits per heavy atom. The molecular formula is C17H28IN3O. The Morgan fingerprint density at radius 2 is 1.95 bits per heavy atom. The maximum Gasteiger partial charge on any atom is 0.191 e. The number of nitrogens with one attached hydrogen (secondary N) is 2. The first kappa shape index (κ1) is 19.1. The second-order valence-electron chi connectivity index (χ2n) is 5.59. The van der Waals surface area contributed by atoms with Crippen molar-refractivity contribution in [3.63, 3.8) is 0 Å². The van der Waals surface area contributed by atoms with Crippen LogP contribution in [0.2, 0.25) is 0 Å². The number of nitrogens with zero attached hydrogens (tertiary/aromatic N) is 1. The molecule has 0 heterocycles. The molecule has 1 aromatic carbocycles. The molecule has 1 aliphatic carbocycles. The lowest BCUT2D eigenvalue weighted by molar-refractivity contribution is 0.319. The molecule has 0 aliphatic heterocycles. The van der Waals surface area contributed by atoms with Crippen LogP contribution in [-0.2, 0) is 0 Å². The van der Waals surface area contributed by atoms with Crippen molar-refractivity contribution in [1.29, 1.82) is 0 Å². The molecule has 22 heavy (non-hydrogen) atoms. The predicted molar refractivity (Wildman–Crippen MR) is 103 cm³/mol. The molecule has 0 saturated heterocycles. The minimum absolute atomic E-state index is 0. The molecule has 5 heteroatoms. The Morgan fingerprint density at radius 3 is 2.64 bits per heavy atom. The van der Waals surface area contributed by atoms with Crippen LogP contribution in [0.4, 0.5) is 0 Å². The van der Waals surface area contributed by atoms with E-state index in [-0.39, 0.29) is 24.0 Å². The summed E-state index contributed by atoms with van der Waals surface area (Å²) in [6.45, 7) is 3.45. The molecule has 1 aliphatic rings. The van der Waals surface area contributed by atoms with E-state index in [0.29, 0.717) is 12.6 Å². The normalized spacial score (nSPS) is 15.8. The van der Waals surface area contributed by atoms with Gasteiger partial charge in [0.25, 0.3) is 0 Å². The number of guanidine groups is 1. The summed E-state index contributed by atoms with van der Waals surface area (Å²) in [5.41, 5.74) is 1.17. The lowest BCUT2D eigenvalue weighted by atomic mass is 9.96. The molecule has 4 nitrogen and oxygen atoms in total. The molecule has 1 saturated carbocycles. The van der Waals surface area contributed by atoms with E-state index in [4.69, 9.17) is 4.74 Å². The third-order valence-corrected chi connectivity index (χ3v) is 3.92. The van der Waals surface area contributed by atoms with Crippen LogP contribution in [0.15, 0.2) is 29.3 Å². The minimum atomic E-state index is 0. The van der Waals surface area contributed by atoms with Gasteiger partial charge in [0, 0.05) is 13.1 Å². The first-order chi connectivity index (χ1) is 10.3. The van der Waals surface area contributed by atoms with Crippen molar-refractivity contribution in [2.24, 2.45) is 4.99 Å². The van der Waals surface area contributed by atoms with Gasteiger partial charge in [-0.3, -0.25) is 4.99 Å². The van der Waals surface area contributed by atoms with Gasteiger partial charge in [-0.05, 0) is 31.4 Å². The first-order valence-electron chi connectivity index (χ1n) is 7.95. The average Bonchev–Trinajstić information content (AvgIpc) is 2.53. The summed E-state index contributed by atoms with van der Waals surface area (Å²) in [4.78, 5) is 4.28. The fourth-order valence-electron chi connectivity index (χ4n) is 2.68. The highest BCUT2D eigenvalue weighted by atomic mass is 127. The van der Waals surface area contributed by atoms with Gasteiger partial charge in [-0.2, -0.15) is 0 Å². The Balaban J connectivity index is 0.00000242. The second-order valence-corrected chi connectivity index (χ2v) is 5.59. The smallest absolute Gasteiger partial charge is 0.191 e. The van der Waals surface area contributed by atoms with Gasteiger partial charge in [0.2, 0.25) is 0 Å². The van der Waals surface area contributed by atoms with Crippen LogP contribution in [0.1, 0.15) is 37.7 Å². The number of ether oxygens (including phenoxy) is 1. The van der Waals surface area contributed by atoms with Crippen molar-refractivity contribution >= 4 is 29.9 Å². The van der Waals surface area contributed by atoms with Gasteiger partial charge >= 0.3 is 0 Å². The molecule has 1 aromatic rings. The molecule has 0 atom stereocenters. The van der Waals surface area contributed by atoms with Crippen molar-refractivity contribution in [2.45, 2.75) is 45.1 Å². The van der Waals surface area contributed by atoms with Gasteiger partial charge in [-0.1, -0.05) is 37.5 Å². The monoisotopic (exact) mass is 417 g/mol. The van der Waals surface area contributed by atoms with E-state index < -0.39 is 0 Å². The van der Waals surface area contributed by atoms with Gasteiger partial charge in [0.1, 0.15) is 12.4 Å². The van der Waals surface area contributed by atoms with E-state index in [1.54, 1.807) is 0 Å². The molecule has 2 rings (SSSR count). The van der Waals surface area contributed by atoms with E-state index in [1.165, 1.54) is 37.7 Å². The summed E-state index contributed by atoms with van der Waals surface area (Å²) < 4.78 is 5.78. The lowest BCUT2D eigenvalue weighted by Crippen LogP contribution is -2.45. The van der Waals surface area contributed by atoms with Crippen LogP contribution in [0.5, 0.6) is 5.75 Å². The molecule has 124 valence electrons. The second kappa shape index (κ2) is 10.7. The number of benzene rings is 1. The number of halogens is 1. The van der Waals surface area contributed by atoms with Crippen molar-refractivity contribution in [3.8, 4) is 5.75 Å². The largest absolute Gasteiger partial charge is 0.491 e. The van der Waals surface area contributed by atoms with Gasteiger partial charge < -0.3 is 15.4 Å². The third kappa shape index (κ3) is 6.42. The van der Waals surface area contributed by atoms with E-state index in [2.05, 4.69) is 28.6 Å². The standard InChI is InChI=1S/C17H27N3O.HI/c1-14-8-6-7-11-16(14)21-13-12-19-17(18-2)20-15-9-4-3-5-10-15;/h6-8,11,15H,3-5,9-10,12-13H2,1-2H3,(H2,18,19,20);1H. The molecule has 2 N–H and O–H groups in total. The number of aryl methyl sites for hydroxylation is 1. The molecule has 0 amide bonds. The van der Waals surface area contributed by atoms with Gasteiger partial charge in [0.15, 0.2) is 5.96 Å². The molecule has 0 bridgehead atoms. The molecule has 0 spiro atoms. The van der Waals surface area contributed by atoms with Crippen LogP contribution in [-0.4, -0.2) is 32.2 Å². The fraction of sp³-hybridized carbons (Fsp3) is 0.588. The van der Waals surface area contributed by atoms with E-state index in [1.807, 2.05) is 25.2 Å². The number of para-hydroxylation sites is 1. The van der Waals surface area contributed by atoms with Crippen LogP contribution in [0.25, 0.3) is 0 Å². The Bertz CT molecular complexity index is 459. The van der Waals surface area contributed by atoms with E-state index in [9.17, 15) is 0 Å². The van der Waals surface area contributed by atoms with Crippen LogP contribution >= 0.6 is 24.0 Å². The highest BCUT2D eigenvalue weighted by molar-refractivity contribution is 14.0. The molecule has 0 radical (unpaired) electrons. The summed E-state index contributed by atoms with van der Waals surface area (Å²) >= 11 is 0. The van der Waals surface area contributed by atoms with Crippen molar-refractivity contribution in [3.05, 3.63) is 29.8 Å². The summed E-state index contributed by atoms with van der Waals surface area (Å²) in [5, 5.41) is 6.82. The Kier molecular flexibility index (Phi) is 9.27. The number of aliphatic imine (C=N–C) groups is 1. The summed E-state index contributed by atoms with van der Waals surface area (Å²) in [7, 11) is 1.82. The highest BCUT2D eigenvalue weighted by Crippen LogP contribution is 2.17.